The molecule has 0 aromatic heterocycles. The van der Waals surface area contributed by atoms with Crippen LogP contribution in [0.15, 0.2) is 24.8 Å². The average Bonchev–Trinajstić information content (AvgIpc) is 2.07. The Morgan fingerprint density at radius 1 is 1.46 bits per heavy atom. The van der Waals surface area contributed by atoms with Gasteiger partial charge in [0.15, 0.2) is 0 Å². The Morgan fingerprint density at radius 2 is 2.15 bits per heavy atom. The van der Waals surface area contributed by atoms with Crippen LogP contribution in [-0.2, 0) is 0 Å². The first-order valence-corrected chi connectivity index (χ1v) is 4.22. The van der Waals surface area contributed by atoms with Gasteiger partial charge in [0.25, 0.3) is 0 Å². The van der Waals surface area contributed by atoms with E-state index in [1.165, 1.54) is 12.1 Å². The number of hydrogen-bond donors (Lipinski definition) is 0. The Labute approximate surface area is 77.8 Å². The first kappa shape index (κ1) is 9.78. The molecule has 2 heteroatoms. The molecule has 1 nitrogen and oxygen atoms in total. The van der Waals surface area contributed by atoms with Crippen molar-refractivity contribution in [2.75, 3.05) is 0 Å². The molecule has 0 fully saturated rings. The molecule has 0 aliphatic carbocycles. The van der Waals surface area contributed by atoms with E-state index in [4.69, 9.17) is 4.74 Å². The van der Waals surface area contributed by atoms with E-state index in [-0.39, 0.29) is 11.9 Å². The first-order chi connectivity index (χ1) is 6.13. The summed E-state index contributed by atoms with van der Waals surface area (Å²) in [7, 11) is 0. The van der Waals surface area contributed by atoms with Crippen molar-refractivity contribution in [3.05, 3.63) is 36.2 Å². The van der Waals surface area contributed by atoms with Gasteiger partial charge in [-0.2, -0.15) is 0 Å². The maximum Gasteiger partial charge on any atom is 0.127 e. The van der Waals surface area contributed by atoms with Crippen molar-refractivity contribution in [3.63, 3.8) is 0 Å². The molecule has 0 saturated heterocycles. The summed E-state index contributed by atoms with van der Waals surface area (Å²) < 4.78 is 18.2. The summed E-state index contributed by atoms with van der Waals surface area (Å²) in [5.74, 6) is 0.400. The third-order valence-corrected chi connectivity index (χ3v) is 1.55. The quantitative estimate of drug-likeness (QED) is 0.693. The van der Waals surface area contributed by atoms with Crippen LogP contribution in [0.25, 0.3) is 6.08 Å². The maximum absolute atomic E-state index is 12.8. The SMILES string of the molecule is C=Cc1cc(F)ccc1OC(C)C. The highest BCUT2D eigenvalue weighted by Crippen LogP contribution is 2.21. The second-order valence-electron chi connectivity index (χ2n) is 3.05. The minimum Gasteiger partial charge on any atom is -0.490 e. The highest BCUT2D eigenvalue weighted by molar-refractivity contribution is 5.55. The summed E-state index contributed by atoms with van der Waals surface area (Å²) >= 11 is 0. The molecule has 0 spiro atoms. The van der Waals surface area contributed by atoms with Gasteiger partial charge in [-0.15, -0.1) is 0 Å². The van der Waals surface area contributed by atoms with Gasteiger partial charge in [0, 0.05) is 5.56 Å². The highest BCUT2D eigenvalue weighted by atomic mass is 19.1. The van der Waals surface area contributed by atoms with Gasteiger partial charge in [-0.3, -0.25) is 0 Å². The van der Waals surface area contributed by atoms with Crippen LogP contribution < -0.4 is 4.74 Å². The Kier molecular flexibility index (Phi) is 3.07. The molecule has 0 bridgehead atoms. The van der Waals surface area contributed by atoms with Gasteiger partial charge >= 0.3 is 0 Å². The molecule has 0 unspecified atom stereocenters. The molecule has 0 aliphatic heterocycles. The van der Waals surface area contributed by atoms with Gasteiger partial charge in [0.2, 0.25) is 0 Å². The van der Waals surface area contributed by atoms with E-state index in [1.807, 2.05) is 13.8 Å². The average molecular weight is 180 g/mol. The smallest absolute Gasteiger partial charge is 0.127 e. The Hall–Kier alpha value is -1.31. The largest absolute Gasteiger partial charge is 0.490 e. The maximum atomic E-state index is 12.8. The molecule has 0 atom stereocenters. The second kappa shape index (κ2) is 4.08. The standard InChI is InChI=1S/C11H13FO/c1-4-9-7-10(12)5-6-11(9)13-8(2)3/h4-8H,1H2,2-3H3. The lowest BCUT2D eigenvalue weighted by atomic mass is 10.2. The van der Waals surface area contributed by atoms with Crippen molar-refractivity contribution in [1.29, 1.82) is 0 Å². The van der Waals surface area contributed by atoms with Gasteiger partial charge in [-0.05, 0) is 32.0 Å². The number of hydrogen-bond acceptors (Lipinski definition) is 1. The molecule has 0 aliphatic rings. The van der Waals surface area contributed by atoms with Gasteiger partial charge in [0.05, 0.1) is 6.10 Å². The lowest BCUT2D eigenvalue weighted by Gasteiger charge is -2.11. The Bertz CT molecular complexity index is 305. The molecule has 70 valence electrons. The second-order valence-corrected chi connectivity index (χ2v) is 3.05. The topological polar surface area (TPSA) is 9.23 Å². The van der Waals surface area contributed by atoms with E-state index in [0.29, 0.717) is 11.3 Å². The van der Waals surface area contributed by atoms with E-state index in [1.54, 1.807) is 12.1 Å². The summed E-state index contributed by atoms with van der Waals surface area (Å²) in [5, 5.41) is 0. The zero-order chi connectivity index (χ0) is 9.84. The first-order valence-electron chi connectivity index (χ1n) is 4.22. The zero-order valence-corrected chi connectivity index (χ0v) is 7.88. The van der Waals surface area contributed by atoms with Crippen molar-refractivity contribution < 1.29 is 9.13 Å². The third-order valence-electron chi connectivity index (χ3n) is 1.55. The van der Waals surface area contributed by atoms with Crippen LogP contribution in [0.5, 0.6) is 5.75 Å². The Balaban J connectivity index is 2.99. The summed E-state index contributed by atoms with van der Waals surface area (Å²) in [6.45, 7) is 7.45. The molecular formula is C11H13FO. The van der Waals surface area contributed by atoms with Crippen LogP contribution in [0.1, 0.15) is 19.4 Å². The van der Waals surface area contributed by atoms with Crippen molar-refractivity contribution in [2.45, 2.75) is 20.0 Å². The fourth-order valence-electron chi connectivity index (χ4n) is 1.04. The molecule has 0 N–H and O–H groups in total. The highest BCUT2D eigenvalue weighted by Gasteiger charge is 2.03. The van der Waals surface area contributed by atoms with Crippen molar-refractivity contribution in [3.8, 4) is 5.75 Å². The summed E-state index contributed by atoms with van der Waals surface area (Å²) in [5.41, 5.74) is 0.689. The molecular weight excluding hydrogens is 167 g/mol. The monoisotopic (exact) mass is 180 g/mol. The minimum absolute atomic E-state index is 0.0872. The van der Waals surface area contributed by atoms with Crippen LogP contribution in [0.4, 0.5) is 4.39 Å². The lowest BCUT2D eigenvalue weighted by Crippen LogP contribution is -2.06. The third kappa shape index (κ3) is 2.58. The Morgan fingerprint density at radius 3 is 2.69 bits per heavy atom. The molecule has 13 heavy (non-hydrogen) atoms. The number of ether oxygens (including phenoxy) is 1. The van der Waals surface area contributed by atoms with Gasteiger partial charge < -0.3 is 4.74 Å². The van der Waals surface area contributed by atoms with E-state index >= 15 is 0 Å². The van der Waals surface area contributed by atoms with Crippen LogP contribution >= 0.6 is 0 Å². The fourth-order valence-corrected chi connectivity index (χ4v) is 1.04. The molecule has 0 amide bonds. The molecule has 0 radical (unpaired) electrons. The predicted octanol–water partition coefficient (Wildman–Crippen LogP) is 3.26. The molecule has 0 saturated carbocycles. The number of halogens is 1. The number of rotatable bonds is 3. The molecule has 1 aromatic rings. The summed E-state index contributed by atoms with van der Waals surface area (Å²) in [4.78, 5) is 0. The lowest BCUT2D eigenvalue weighted by molar-refractivity contribution is 0.241. The van der Waals surface area contributed by atoms with Crippen LogP contribution in [0.2, 0.25) is 0 Å². The van der Waals surface area contributed by atoms with Gasteiger partial charge in [0.1, 0.15) is 11.6 Å². The summed E-state index contributed by atoms with van der Waals surface area (Å²) in [6, 6.07) is 4.40. The van der Waals surface area contributed by atoms with Crippen LogP contribution in [0.3, 0.4) is 0 Å². The number of benzene rings is 1. The minimum atomic E-state index is -0.272. The van der Waals surface area contributed by atoms with Crippen molar-refractivity contribution in [1.82, 2.24) is 0 Å². The summed E-state index contributed by atoms with van der Waals surface area (Å²) in [6.07, 6.45) is 1.67. The zero-order valence-electron chi connectivity index (χ0n) is 7.88. The molecule has 0 heterocycles. The van der Waals surface area contributed by atoms with E-state index in [9.17, 15) is 4.39 Å². The van der Waals surface area contributed by atoms with Crippen LogP contribution in [-0.4, -0.2) is 6.10 Å². The predicted molar refractivity (Wildman–Crippen MR) is 52.3 cm³/mol. The van der Waals surface area contributed by atoms with Crippen molar-refractivity contribution in [2.24, 2.45) is 0 Å². The van der Waals surface area contributed by atoms with Crippen molar-refractivity contribution >= 4 is 6.08 Å². The normalized spacial score (nSPS) is 10.2. The van der Waals surface area contributed by atoms with Crippen LogP contribution in [0, 0.1) is 5.82 Å². The fraction of sp³-hybridized carbons (Fsp3) is 0.273. The molecule has 1 rings (SSSR count). The van der Waals surface area contributed by atoms with E-state index < -0.39 is 0 Å². The molecule has 1 aromatic carbocycles. The van der Waals surface area contributed by atoms with Gasteiger partial charge in [-0.1, -0.05) is 12.7 Å². The van der Waals surface area contributed by atoms with Gasteiger partial charge in [-0.25, -0.2) is 4.39 Å². The van der Waals surface area contributed by atoms with E-state index in [0.717, 1.165) is 0 Å². The van der Waals surface area contributed by atoms with E-state index in [2.05, 4.69) is 6.58 Å².